The fourth-order valence-corrected chi connectivity index (χ4v) is 20.3. The highest BCUT2D eigenvalue weighted by Crippen LogP contribution is 2.51. The first-order valence-corrected chi connectivity index (χ1v) is 39.7. The number of methoxy groups -OCH3 is 2. The number of aliphatic hydroxyl groups excluding tert-OH is 5. The number of thiol groups is 2. The summed E-state index contributed by atoms with van der Waals surface area (Å²) < 4.78 is 42.7. The third kappa shape index (κ3) is 31.6. The maximum absolute atomic E-state index is 9.14. The molecule has 10 atom stereocenters. The molecule has 3 aliphatic rings. The third-order valence-corrected chi connectivity index (χ3v) is 25.8. The summed E-state index contributed by atoms with van der Waals surface area (Å²) in [7, 11) is 11.8. The number of alkyl halides is 1. The van der Waals surface area contributed by atoms with Gasteiger partial charge in [0.25, 0.3) is 8.53 Å². The van der Waals surface area contributed by atoms with E-state index in [4.69, 9.17) is 84.9 Å². The molecule has 3 saturated heterocycles. The lowest BCUT2D eigenvalue weighted by molar-refractivity contribution is 0.0493. The Morgan fingerprint density at radius 2 is 0.988 bits per heavy atom. The lowest BCUT2D eigenvalue weighted by atomic mass is 9.84. The molecule has 3 aliphatic heterocycles. The monoisotopic (exact) mass is 1390 g/mol. The molecule has 5 N–H and O–H groups in total. The van der Waals surface area contributed by atoms with Gasteiger partial charge in [-0.15, -0.1) is 11.6 Å². The van der Waals surface area contributed by atoms with E-state index in [-0.39, 0.29) is 25.1 Å². The number of nitrogens with zero attached hydrogens (tertiary/aromatic N) is 4. The molecular formula is C57H96Cl2N4O10P2S8. The van der Waals surface area contributed by atoms with Crippen molar-refractivity contribution in [3.8, 4) is 23.6 Å². The molecule has 0 spiro atoms. The number of aliphatic hydroxyl groups is 5. The Morgan fingerprint density at radius 1 is 0.614 bits per heavy atom. The van der Waals surface area contributed by atoms with Crippen LogP contribution >= 0.6 is 129 Å². The fourth-order valence-electron chi connectivity index (χ4n) is 7.34. The van der Waals surface area contributed by atoms with Crippen molar-refractivity contribution < 1.29 is 53.0 Å². The zero-order valence-electron chi connectivity index (χ0n) is 52.0. The molecule has 0 aromatic heterocycles. The van der Waals surface area contributed by atoms with Crippen molar-refractivity contribution in [2.75, 3.05) is 73.5 Å². The van der Waals surface area contributed by atoms with Crippen molar-refractivity contribution >= 4 is 129 Å². The molecule has 3 heterocycles. The largest absolute Gasteiger partial charge is 0.497 e. The van der Waals surface area contributed by atoms with Crippen molar-refractivity contribution in [3.63, 3.8) is 0 Å². The second kappa shape index (κ2) is 47.1. The molecule has 0 aliphatic carbocycles. The minimum Gasteiger partial charge on any atom is -0.497 e. The van der Waals surface area contributed by atoms with Crippen molar-refractivity contribution in [1.82, 2.24) is 9.34 Å². The number of hydrogen-bond acceptors (Lipinski definition) is 22. The van der Waals surface area contributed by atoms with Crippen LogP contribution < -0.4 is 9.47 Å². The van der Waals surface area contributed by atoms with Gasteiger partial charge in [-0.05, 0) is 119 Å². The van der Waals surface area contributed by atoms with Crippen LogP contribution in [0.25, 0.3) is 0 Å². The zero-order valence-corrected chi connectivity index (χ0v) is 60.0. The highest BCUT2D eigenvalue weighted by Gasteiger charge is 2.35. The van der Waals surface area contributed by atoms with Gasteiger partial charge in [0.15, 0.2) is 0 Å². The number of benzene rings is 3. The summed E-state index contributed by atoms with van der Waals surface area (Å²) in [6.45, 7) is 22.2. The standard InChI is InChI=1S/C21H19ClO2.C14H27N2O2PS2.C9H18ClN2OP.C5H10OS2.C4H8O2S2.C4H10O2S2.2H2/c1-23-19-12-8-17(9-13-19)21(22,16-6-4-3-5-7-16)18-10-14-20(24-2)15-11-18;1-11(2)16(12(3)4)19(17-8-6-7-15)18-14-10-21-20-9-13(14)5;1-8(2)12(9(3)4)14(10)13-7-5-6-11;1-4-2-7-8-3-5(4)6;5-3-1-7-8-2-4(3)6;5-3(1-7)4(6)2-8;;/h3-15H,1-2H3;11-14H,6,8-10H2,1-5H3;8-9H,5,7H2,1-4H3;4-6H,2-3H2,1H3;3-6H,1-2H2;3-8H,1-2H2;2*1H/t;13-,14-,19?;;4-,5-;2*3-,4-;;/m.0.001../s1/i;;;;;;1+2D;1+2. The van der Waals surface area contributed by atoms with Gasteiger partial charge in [0.1, 0.15) is 16.4 Å². The van der Waals surface area contributed by atoms with E-state index in [1.165, 1.54) is 0 Å². The lowest BCUT2D eigenvalue weighted by Crippen LogP contribution is -2.36. The van der Waals surface area contributed by atoms with Gasteiger partial charge in [-0.3, -0.25) is 0 Å². The maximum Gasteiger partial charge on any atom is 0.259 e. The molecular weight excluding hydrogens is 1290 g/mol. The Hall–Kier alpha value is 0.0800. The highest BCUT2D eigenvalue weighted by atomic mass is 35.7. The molecule has 14 nitrogen and oxygen atoms in total. The third-order valence-electron chi connectivity index (χ3n) is 12.1. The summed E-state index contributed by atoms with van der Waals surface area (Å²) in [6.07, 6.45) is -1.48. The average Bonchev–Trinajstić information content (AvgIpc) is 2.20. The topological polar surface area (TPSA) is 201 Å². The van der Waals surface area contributed by atoms with Crippen LogP contribution in [0.3, 0.4) is 0 Å². The summed E-state index contributed by atoms with van der Waals surface area (Å²) in [5.74, 6) is 8.68. The van der Waals surface area contributed by atoms with Crippen LogP contribution in [0.4, 0.5) is 0 Å². The lowest BCUT2D eigenvalue weighted by Gasteiger charge is -2.39. The predicted octanol–water partition coefficient (Wildman–Crippen LogP) is 15.0. The van der Waals surface area contributed by atoms with Gasteiger partial charge in [-0.25, -0.2) is 9.34 Å². The van der Waals surface area contributed by atoms with E-state index >= 15 is 0 Å². The Kier molecular flexibility index (Phi) is 44.9. The Balaban J connectivity index is 0. The second-order valence-electron chi connectivity index (χ2n) is 20.1. The number of nitriles is 2. The first kappa shape index (κ1) is 79.2. The van der Waals surface area contributed by atoms with Gasteiger partial charge in [-0.1, -0.05) is 133 Å². The van der Waals surface area contributed by atoms with Crippen LogP contribution in [-0.2, 0) is 18.4 Å². The van der Waals surface area contributed by atoms with E-state index in [1.807, 2.05) is 117 Å². The van der Waals surface area contributed by atoms with Gasteiger partial charge < -0.3 is 48.6 Å². The minimum atomic E-state index is -1.10. The Bertz CT molecular complexity index is 2100. The first-order valence-electron chi connectivity index (χ1n) is 28.4. The fraction of sp³-hybridized carbons (Fsp3) is 0.649. The van der Waals surface area contributed by atoms with E-state index in [9.17, 15) is 0 Å². The van der Waals surface area contributed by atoms with Crippen molar-refractivity contribution in [2.24, 2.45) is 11.8 Å². The normalized spacial score (nSPS) is 21.2. The van der Waals surface area contributed by atoms with Crippen molar-refractivity contribution in [2.45, 2.75) is 148 Å². The highest BCUT2D eigenvalue weighted by molar-refractivity contribution is 8.77. The summed E-state index contributed by atoms with van der Waals surface area (Å²) >= 11 is 20.9. The van der Waals surface area contributed by atoms with Gasteiger partial charge in [-0.2, -0.15) is 35.8 Å². The molecule has 3 fully saturated rings. The molecule has 0 saturated carbocycles. The number of ether oxygens (including phenoxy) is 2. The van der Waals surface area contributed by atoms with Gasteiger partial charge in [0, 0.05) is 74.6 Å². The van der Waals surface area contributed by atoms with Gasteiger partial charge >= 0.3 is 0 Å². The molecule has 3 aromatic rings. The SMILES string of the molecule is CC(C)N(C(C)C)P(Cl)OCCC#N.CC(C)N(C(C)C)P(OCCC#N)O[C@H]1CSSC[C@@H]1C.COc1ccc(C(Cl)(c2ccccc2)c2ccc(OC)cc2)cc1.C[C@H]1CSSC[C@@H]1O.O[C@H](CS)[C@H](O)CS.O[C@H]1CSSC[C@@H]1O.[2H][3H].[3HH]. The molecule has 3 aromatic carbocycles. The number of hydrogen-bond donors (Lipinski definition) is 7. The van der Waals surface area contributed by atoms with Crippen LogP contribution in [0.1, 0.15) is 103 Å². The van der Waals surface area contributed by atoms with Gasteiger partial charge in [0.2, 0.25) is 7.65 Å². The summed E-state index contributed by atoms with van der Waals surface area (Å²) in [4.78, 5) is -0.778. The van der Waals surface area contributed by atoms with E-state index in [2.05, 4.69) is 110 Å². The van der Waals surface area contributed by atoms with Crippen molar-refractivity contribution in [1.29, 1.82) is 10.5 Å². The average molecular weight is 1390 g/mol. The van der Waals surface area contributed by atoms with Gasteiger partial charge in [0.05, 0.1) is 89.0 Å². The number of rotatable bonds is 22. The molecule has 83 heavy (non-hydrogen) atoms. The molecule has 0 radical (unpaired) electrons. The van der Waals surface area contributed by atoms with E-state index in [0.29, 0.717) is 73.6 Å². The Labute approximate surface area is 549 Å². The van der Waals surface area contributed by atoms with E-state index in [1.54, 1.807) is 46.6 Å². The number of halogens is 2. The molecule has 2 unspecified atom stereocenters. The van der Waals surface area contributed by atoms with Crippen molar-refractivity contribution in [3.05, 3.63) is 95.6 Å². The summed E-state index contributed by atoms with van der Waals surface area (Å²) in [5.41, 5.74) is 2.99. The van der Waals surface area contributed by atoms with Crippen LogP contribution in [-0.4, -0.2) is 169 Å². The molecule has 26 heteroatoms. The van der Waals surface area contributed by atoms with E-state index < -0.39 is 45.5 Å². The van der Waals surface area contributed by atoms with Crippen LogP contribution in [0, 0.1) is 34.5 Å². The first-order chi connectivity index (χ1) is 40.5. The van der Waals surface area contributed by atoms with E-state index in [0.717, 1.165) is 51.2 Å². The maximum atomic E-state index is 9.14. The molecule has 0 bridgehead atoms. The second-order valence-corrected chi connectivity index (χ2v) is 32.5. The molecule has 6 rings (SSSR count). The minimum absolute atomic E-state index is 0. The molecule has 476 valence electrons. The summed E-state index contributed by atoms with van der Waals surface area (Å²) in [5, 5.41) is 61.5. The quantitative estimate of drug-likeness (QED) is 0.0125. The molecule has 0 amide bonds. The zero-order chi connectivity index (χ0) is 64.5. The van der Waals surface area contributed by atoms with Crippen LogP contribution in [0.15, 0.2) is 78.9 Å². The van der Waals surface area contributed by atoms with Crippen LogP contribution in [0.2, 0.25) is 0 Å². The van der Waals surface area contributed by atoms with Crippen LogP contribution in [0.5, 0.6) is 11.5 Å². The predicted molar refractivity (Wildman–Crippen MR) is 374 cm³/mol. The summed E-state index contributed by atoms with van der Waals surface area (Å²) in [6, 6.07) is 31.4. The smallest absolute Gasteiger partial charge is 0.259 e. The Morgan fingerprint density at radius 3 is 1.33 bits per heavy atom.